The van der Waals surface area contributed by atoms with E-state index in [1.807, 2.05) is 13.0 Å². The first-order chi connectivity index (χ1) is 9.26. The molecule has 1 atom stereocenters. The lowest BCUT2D eigenvalue weighted by Crippen LogP contribution is -2.50. The summed E-state index contributed by atoms with van der Waals surface area (Å²) in [5.41, 5.74) is 5.82. The third-order valence-corrected chi connectivity index (χ3v) is 3.55. The number of morpholine rings is 1. The van der Waals surface area contributed by atoms with Crippen molar-refractivity contribution in [3.05, 3.63) is 11.9 Å². The molecular weight excluding hydrogens is 242 g/mol. The van der Waals surface area contributed by atoms with Gasteiger partial charge in [-0.1, -0.05) is 0 Å². The molecule has 2 heterocycles. The largest absolute Gasteiger partial charge is 0.377 e. The average Bonchev–Trinajstić information content (AvgIpc) is 3.22. The second kappa shape index (κ2) is 5.30. The molecule has 6 nitrogen and oxygen atoms in total. The van der Waals surface area contributed by atoms with E-state index in [1.54, 1.807) is 0 Å². The summed E-state index contributed by atoms with van der Waals surface area (Å²) in [6.07, 6.45) is 2.47. The predicted octanol–water partition coefficient (Wildman–Crippen LogP) is 0.523. The Kier molecular flexibility index (Phi) is 3.52. The van der Waals surface area contributed by atoms with E-state index in [4.69, 9.17) is 10.5 Å². The molecule has 3 N–H and O–H groups in total. The molecule has 3 rings (SSSR count). The lowest BCUT2D eigenvalue weighted by atomic mass is 10.2. The topological polar surface area (TPSA) is 76.3 Å². The smallest absolute Gasteiger partial charge is 0.134 e. The van der Waals surface area contributed by atoms with E-state index in [0.717, 1.165) is 30.6 Å². The molecule has 1 aromatic rings. The number of ether oxygens (including phenoxy) is 1. The lowest BCUT2D eigenvalue weighted by Gasteiger charge is -2.36. The summed E-state index contributed by atoms with van der Waals surface area (Å²) in [6, 6.07) is 2.83. The molecule has 104 valence electrons. The highest BCUT2D eigenvalue weighted by molar-refractivity contribution is 5.51. The summed E-state index contributed by atoms with van der Waals surface area (Å²) in [4.78, 5) is 11.2. The molecule has 0 bridgehead atoms. The van der Waals surface area contributed by atoms with Crippen molar-refractivity contribution in [1.82, 2.24) is 9.97 Å². The van der Waals surface area contributed by atoms with Crippen molar-refractivity contribution in [2.45, 2.75) is 31.8 Å². The second-order valence-corrected chi connectivity index (χ2v) is 5.24. The molecule has 1 aliphatic carbocycles. The van der Waals surface area contributed by atoms with Gasteiger partial charge in [-0.05, 0) is 19.8 Å². The maximum absolute atomic E-state index is 5.82. The van der Waals surface area contributed by atoms with Gasteiger partial charge in [-0.15, -0.1) is 0 Å². The average molecular weight is 263 g/mol. The van der Waals surface area contributed by atoms with E-state index < -0.39 is 0 Å². The quantitative estimate of drug-likeness (QED) is 0.825. The number of hydrogen-bond acceptors (Lipinski definition) is 6. The molecule has 0 amide bonds. The van der Waals surface area contributed by atoms with Crippen LogP contribution >= 0.6 is 0 Å². The summed E-state index contributed by atoms with van der Waals surface area (Å²) < 4.78 is 5.48. The van der Waals surface area contributed by atoms with Crippen molar-refractivity contribution in [2.75, 3.05) is 36.5 Å². The monoisotopic (exact) mass is 263 g/mol. The van der Waals surface area contributed by atoms with Crippen molar-refractivity contribution in [3.63, 3.8) is 0 Å². The first-order valence-electron chi connectivity index (χ1n) is 6.93. The van der Waals surface area contributed by atoms with Gasteiger partial charge in [0.2, 0.25) is 0 Å². The van der Waals surface area contributed by atoms with Crippen LogP contribution in [0.2, 0.25) is 0 Å². The maximum Gasteiger partial charge on any atom is 0.134 e. The van der Waals surface area contributed by atoms with Crippen LogP contribution in [-0.2, 0) is 4.74 Å². The first kappa shape index (κ1) is 12.6. The minimum Gasteiger partial charge on any atom is -0.377 e. The van der Waals surface area contributed by atoms with Gasteiger partial charge in [-0.2, -0.15) is 0 Å². The van der Waals surface area contributed by atoms with E-state index in [-0.39, 0.29) is 6.04 Å². The number of nitrogens with one attached hydrogen (secondary N) is 1. The molecule has 0 radical (unpaired) electrons. The number of aromatic nitrogens is 2. The molecule has 2 fully saturated rings. The van der Waals surface area contributed by atoms with E-state index in [2.05, 4.69) is 20.2 Å². The lowest BCUT2D eigenvalue weighted by molar-refractivity contribution is 0.0958. The van der Waals surface area contributed by atoms with E-state index >= 15 is 0 Å². The zero-order valence-electron chi connectivity index (χ0n) is 11.3. The number of anilines is 2. The van der Waals surface area contributed by atoms with Crippen LogP contribution in [0.15, 0.2) is 6.07 Å². The molecule has 1 aromatic heterocycles. The van der Waals surface area contributed by atoms with Crippen molar-refractivity contribution in [1.29, 1.82) is 0 Å². The highest BCUT2D eigenvalue weighted by atomic mass is 16.5. The Hall–Kier alpha value is -1.40. The SMILES string of the molecule is Cc1nc(NC2CC2)cc(N2CCOCC2CN)n1. The van der Waals surface area contributed by atoms with Gasteiger partial charge in [-0.3, -0.25) is 0 Å². The van der Waals surface area contributed by atoms with Gasteiger partial charge in [0.25, 0.3) is 0 Å². The third kappa shape index (κ3) is 2.96. The Morgan fingerprint density at radius 2 is 2.32 bits per heavy atom. The van der Waals surface area contributed by atoms with E-state index in [0.29, 0.717) is 19.2 Å². The summed E-state index contributed by atoms with van der Waals surface area (Å²) in [5.74, 6) is 2.67. The summed E-state index contributed by atoms with van der Waals surface area (Å²) in [6.45, 7) is 4.74. The Labute approximate surface area is 113 Å². The summed E-state index contributed by atoms with van der Waals surface area (Å²) >= 11 is 0. The molecule has 1 unspecified atom stereocenters. The number of aryl methyl sites for hydroxylation is 1. The number of rotatable bonds is 4. The molecule has 0 spiro atoms. The minimum atomic E-state index is 0.205. The van der Waals surface area contributed by atoms with E-state index in [1.165, 1.54) is 12.8 Å². The molecule has 6 heteroatoms. The van der Waals surface area contributed by atoms with E-state index in [9.17, 15) is 0 Å². The second-order valence-electron chi connectivity index (χ2n) is 5.24. The summed E-state index contributed by atoms with van der Waals surface area (Å²) in [5, 5.41) is 3.43. The van der Waals surface area contributed by atoms with Crippen LogP contribution < -0.4 is 16.0 Å². The Morgan fingerprint density at radius 1 is 1.47 bits per heavy atom. The van der Waals surface area contributed by atoms with Gasteiger partial charge in [-0.25, -0.2) is 9.97 Å². The molecule has 1 saturated heterocycles. The summed E-state index contributed by atoms with van der Waals surface area (Å²) in [7, 11) is 0. The van der Waals surface area contributed by atoms with Gasteiger partial charge < -0.3 is 20.7 Å². The Bertz CT molecular complexity index is 449. The predicted molar refractivity (Wildman–Crippen MR) is 74.4 cm³/mol. The maximum atomic E-state index is 5.82. The van der Waals surface area contributed by atoms with Crippen molar-refractivity contribution in [3.8, 4) is 0 Å². The van der Waals surface area contributed by atoms with Crippen LogP contribution in [0, 0.1) is 6.92 Å². The van der Waals surface area contributed by atoms with Gasteiger partial charge in [0.15, 0.2) is 0 Å². The van der Waals surface area contributed by atoms with Gasteiger partial charge in [0, 0.05) is 25.2 Å². The Morgan fingerprint density at radius 3 is 3.05 bits per heavy atom. The van der Waals surface area contributed by atoms with Crippen LogP contribution in [0.4, 0.5) is 11.6 Å². The molecule has 2 aliphatic rings. The third-order valence-electron chi connectivity index (χ3n) is 3.55. The molecule has 19 heavy (non-hydrogen) atoms. The minimum absolute atomic E-state index is 0.205. The van der Waals surface area contributed by atoms with Gasteiger partial charge in [0.1, 0.15) is 17.5 Å². The normalized spacial score (nSPS) is 23.5. The molecular formula is C13H21N5O. The Balaban J connectivity index is 1.83. The van der Waals surface area contributed by atoms with Gasteiger partial charge >= 0.3 is 0 Å². The van der Waals surface area contributed by atoms with Crippen LogP contribution in [0.5, 0.6) is 0 Å². The standard InChI is InChI=1S/C13H21N5O/c1-9-15-12(17-10-2-3-10)6-13(16-9)18-4-5-19-8-11(18)7-14/h6,10-11H,2-5,7-8,14H2,1H3,(H,15,16,17). The fourth-order valence-corrected chi connectivity index (χ4v) is 2.36. The van der Waals surface area contributed by atoms with Crippen LogP contribution in [0.3, 0.4) is 0 Å². The fraction of sp³-hybridized carbons (Fsp3) is 0.692. The zero-order valence-corrected chi connectivity index (χ0v) is 11.3. The fourth-order valence-electron chi connectivity index (χ4n) is 2.36. The first-order valence-corrected chi connectivity index (χ1v) is 6.93. The molecule has 1 aliphatic heterocycles. The van der Waals surface area contributed by atoms with Crippen LogP contribution in [0.25, 0.3) is 0 Å². The molecule has 0 aromatic carbocycles. The molecule has 1 saturated carbocycles. The van der Waals surface area contributed by atoms with Gasteiger partial charge in [0.05, 0.1) is 19.3 Å². The zero-order chi connectivity index (χ0) is 13.2. The van der Waals surface area contributed by atoms with Crippen molar-refractivity contribution >= 4 is 11.6 Å². The van der Waals surface area contributed by atoms with Crippen LogP contribution in [-0.4, -0.2) is 48.4 Å². The number of hydrogen-bond donors (Lipinski definition) is 2. The van der Waals surface area contributed by atoms with Crippen LogP contribution in [0.1, 0.15) is 18.7 Å². The highest BCUT2D eigenvalue weighted by Crippen LogP contribution is 2.26. The van der Waals surface area contributed by atoms with Crippen molar-refractivity contribution in [2.24, 2.45) is 5.73 Å². The van der Waals surface area contributed by atoms with Crippen molar-refractivity contribution < 1.29 is 4.74 Å². The number of nitrogens with zero attached hydrogens (tertiary/aromatic N) is 3. The number of nitrogens with two attached hydrogens (primary N) is 1. The highest BCUT2D eigenvalue weighted by Gasteiger charge is 2.25.